The van der Waals surface area contributed by atoms with Gasteiger partial charge in [-0.15, -0.1) is 0 Å². The number of fused-ring (bicyclic) bond motifs is 1. The van der Waals surface area contributed by atoms with Crippen molar-refractivity contribution in [2.45, 2.75) is 37.5 Å². The summed E-state index contributed by atoms with van der Waals surface area (Å²) >= 11 is 0. The van der Waals surface area contributed by atoms with E-state index in [1.807, 2.05) is 19.2 Å². The predicted octanol–water partition coefficient (Wildman–Crippen LogP) is 4.05. The molecule has 128 valence electrons. The Morgan fingerprint density at radius 3 is 2.83 bits per heavy atom. The van der Waals surface area contributed by atoms with Crippen LogP contribution in [0.3, 0.4) is 0 Å². The fraction of sp³-hybridized carbons (Fsp3) is 0.400. The maximum Gasteiger partial charge on any atom is 0.160 e. The first kappa shape index (κ1) is 16.8. The number of phenols is 2. The Balaban J connectivity index is 1.88. The third kappa shape index (κ3) is 3.39. The molecule has 0 aromatic heterocycles. The summed E-state index contributed by atoms with van der Waals surface area (Å²) in [7, 11) is 1.91. The molecule has 0 spiro atoms. The van der Waals surface area contributed by atoms with Gasteiger partial charge in [0.1, 0.15) is 5.82 Å². The summed E-state index contributed by atoms with van der Waals surface area (Å²) in [4.78, 5) is 0. The summed E-state index contributed by atoms with van der Waals surface area (Å²) in [5.74, 6) is 0.277. The minimum atomic E-state index is -0.208. The lowest BCUT2D eigenvalue weighted by atomic mass is 9.76. The number of hydrogen-bond acceptors (Lipinski definition) is 3. The fourth-order valence-corrected chi connectivity index (χ4v) is 3.90. The molecule has 3 rings (SSSR count). The second kappa shape index (κ2) is 7.22. The van der Waals surface area contributed by atoms with Crippen LogP contribution in [0.15, 0.2) is 36.4 Å². The van der Waals surface area contributed by atoms with Gasteiger partial charge in [0.05, 0.1) is 0 Å². The molecular weight excluding hydrogens is 305 g/mol. The van der Waals surface area contributed by atoms with E-state index in [9.17, 15) is 14.6 Å². The summed E-state index contributed by atoms with van der Waals surface area (Å²) in [6.45, 7) is 0.777. The van der Waals surface area contributed by atoms with Gasteiger partial charge in [-0.05, 0) is 73.9 Å². The normalized spacial score (nSPS) is 18.2. The quantitative estimate of drug-likeness (QED) is 0.725. The number of nitrogens with one attached hydrogen (secondary N) is 1. The van der Waals surface area contributed by atoms with Crippen molar-refractivity contribution in [3.05, 3.63) is 58.9 Å². The lowest BCUT2D eigenvalue weighted by Crippen LogP contribution is -2.21. The van der Waals surface area contributed by atoms with Gasteiger partial charge in [0.15, 0.2) is 11.5 Å². The molecule has 2 atom stereocenters. The highest BCUT2D eigenvalue weighted by atomic mass is 19.1. The number of aromatic hydroxyl groups is 2. The zero-order chi connectivity index (χ0) is 17.1. The molecule has 0 saturated heterocycles. The van der Waals surface area contributed by atoms with Gasteiger partial charge in [-0.2, -0.15) is 0 Å². The Morgan fingerprint density at radius 1 is 1.25 bits per heavy atom. The van der Waals surface area contributed by atoms with Crippen LogP contribution in [0, 0.1) is 5.82 Å². The minimum Gasteiger partial charge on any atom is -0.504 e. The van der Waals surface area contributed by atoms with E-state index >= 15 is 0 Å². The molecule has 1 aliphatic carbocycles. The third-order valence-corrected chi connectivity index (χ3v) is 5.06. The number of phenolic OH excluding ortho intramolecular Hbond substituents is 2. The Labute approximate surface area is 142 Å². The van der Waals surface area contributed by atoms with Crippen LogP contribution in [-0.4, -0.2) is 23.8 Å². The van der Waals surface area contributed by atoms with E-state index in [1.165, 1.54) is 6.07 Å². The van der Waals surface area contributed by atoms with Crippen molar-refractivity contribution >= 4 is 0 Å². The molecule has 0 fully saturated rings. The molecule has 0 radical (unpaired) electrons. The molecule has 4 heteroatoms. The summed E-state index contributed by atoms with van der Waals surface area (Å²) in [5, 5.41) is 23.1. The van der Waals surface area contributed by atoms with E-state index < -0.39 is 0 Å². The van der Waals surface area contributed by atoms with E-state index in [0.29, 0.717) is 5.92 Å². The third-order valence-electron chi connectivity index (χ3n) is 5.06. The van der Waals surface area contributed by atoms with Gasteiger partial charge in [0.2, 0.25) is 0 Å². The largest absolute Gasteiger partial charge is 0.504 e. The second-order valence-electron chi connectivity index (χ2n) is 6.64. The molecule has 0 heterocycles. The van der Waals surface area contributed by atoms with Crippen LogP contribution in [-0.2, 0) is 6.42 Å². The SMILES string of the molecule is CNCC(CC1CCCc2c1ccc(O)c2O)c1cccc(F)c1. The second-order valence-corrected chi connectivity index (χ2v) is 6.64. The molecule has 2 aromatic rings. The van der Waals surface area contributed by atoms with Crippen molar-refractivity contribution in [2.75, 3.05) is 13.6 Å². The maximum atomic E-state index is 13.6. The molecule has 2 aromatic carbocycles. The van der Waals surface area contributed by atoms with Gasteiger partial charge in [0, 0.05) is 12.1 Å². The predicted molar refractivity (Wildman–Crippen MR) is 93.1 cm³/mol. The molecule has 3 N–H and O–H groups in total. The molecule has 0 saturated carbocycles. The zero-order valence-electron chi connectivity index (χ0n) is 13.9. The van der Waals surface area contributed by atoms with Crippen LogP contribution in [0.25, 0.3) is 0 Å². The van der Waals surface area contributed by atoms with Crippen LogP contribution in [0.2, 0.25) is 0 Å². The first-order valence-corrected chi connectivity index (χ1v) is 8.54. The van der Waals surface area contributed by atoms with Gasteiger partial charge >= 0.3 is 0 Å². The summed E-state index contributed by atoms with van der Waals surface area (Å²) in [6.07, 6.45) is 3.72. The molecule has 3 nitrogen and oxygen atoms in total. The lowest BCUT2D eigenvalue weighted by Gasteiger charge is -2.30. The Morgan fingerprint density at radius 2 is 2.08 bits per heavy atom. The number of hydrogen-bond donors (Lipinski definition) is 3. The summed E-state index contributed by atoms with van der Waals surface area (Å²) in [6, 6.07) is 10.3. The van der Waals surface area contributed by atoms with Crippen molar-refractivity contribution in [3.63, 3.8) is 0 Å². The van der Waals surface area contributed by atoms with E-state index in [4.69, 9.17) is 0 Å². The number of rotatable bonds is 5. The topological polar surface area (TPSA) is 52.5 Å². The molecule has 0 bridgehead atoms. The Hall–Kier alpha value is -2.07. The van der Waals surface area contributed by atoms with Crippen LogP contribution in [0.5, 0.6) is 11.5 Å². The lowest BCUT2D eigenvalue weighted by molar-refractivity contribution is 0.388. The van der Waals surface area contributed by atoms with Crippen LogP contribution in [0.1, 0.15) is 47.8 Å². The first-order chi connectivity index (χ1) is 11.6. The monoisotopic (exact) mass is 329 g/mol. The smallest absolute Gasteiger partial charge is 0.160 e. The molecular formula is C20H24FNO2. The van der Waals surface area contributed by atoms with Crippen molar-refractivity contribution in [1.29, 1.82) is 0 Å². The molecule has 1 aliphatic rings. The van der Waals surface area contributed by atoms with Gasteiger partial charge in [-0.25, -0.2) is 4.39 Å². The van der Waals surface area contributed by atoms with Gasteiger partial charge in [-0.3, -0.25) is 0 Å². The van der Waals surface area contributed by atoms with Crippen molar-refractivity contribution < 1.29 is 14.6 Å². The highest BCUT2D eigenvalue weighted by molar-refractivity contribution is 5.51. The molecule has 24 heavy (non-hydrogen) atoms. The van der Waals surface area contributed by atoms with Crippen LogP contribution in [0.4, 0.5) is 4.39 Å². The van der Waals surface area contributed by atoms with Crippen molar-refractivity contribution in [2.24, 2.45) is 0 Å². The average Bonchev–Trinajstić information content (AvgIpc) is 2.58. The zero-order valence-corrected chi connectivity index (χ0v) is 13.9. The van der Waals surface area contributed by atoms with Gasteiger partial charge < -0.3 is 15.5 Å². The van der Waals surface area contributed by atoms with E-state index in [1.54, 1.807) is 18.2 Å². The van der Waals surface area contributed by atoms with Crippen LogP contribution >= 0.6 is 0 Å². The Bertz CT molecular complexity index is 717. The van der Waals surface area contributed by atoms with E-state index in [0.717, 1.165) is 48.9 Å². The highest BCUT2D eigenvalue weighted by Gasteiger charge is 2.27. The van der Waals surface area contributed by atoms with Crippen molar-refractivity contribution in [3.8, 4) is 11.5 Å². The van der Waals surface area contributed by atoms with E-state index in [2.05, 4.69) is 5.32 Å². The number of likely N-dealkylation sites (N-methyl/N-ethyl adjacent to an activating group) is 1. The van der Waals surface area contributed by atoms with Crippen molar-refractivity contribution in [1.82, 2.24) is 5.32 Å². The molecule has 2 unspecified atom stereocenters. The fourth-order valence-electron chi connectivity index (χ4n) is 3.90. The summed E-state index contributed by atoms with van der Waals surface area (Å²) in [5.41, 5.74) is 2.99. The first-order valence-electron chi connectivity index (χ1n) is 8.54. The maximum absolute atomic E-state index is 13.6. The van der Waals surface area contributed by atoms with Gasteiger partial charge in [0.25, 0.3) is 0 Å². The standard InChI is InChI=1S/C20H24FNO2/c1-22-12-15(13-4-2-6-16(21)11-13)10-14-5-3-7-18-17(14)8-9-19(23)20(18)24/h2,4,6,8-9,11,14-15,22-24H,3,5,7,10,12H2,1H3. The van der Waals surface area contributed by atoms with Gasteiger partial charge in [-0.1, -0.05) is 18.2 Å². The molecule has 0 amide bonds. The average molecular weight is 329 g/mol. The summed E-state index contributed by atoms with van der Waals surface area (Å²) < 4.78 is 13.6. The molecule has 0 aliphatic heterocycles. The Kier molecular flexibility index (Phi) is 5.05. The number of benzene rings is 2. The van der Waals surface area contributed by atoms with E-state index in [-0.39, 0.29) is 23.2 Å². The highest BCUT2D eigenvalue weighted by Crippen LogP contribution is 2.44. The number of halogens is 1. The minimum absolute atomic E-state index is 0.0214. The van der Waals surface area contributed by atoms with Crippen LogP contribution < -0.4 is 5.32 Å².